The van der Waals surface area contributed by atoms with Gasteiger partial charge >= 0.3 is 0 Å². The molecule has 3 heteroatoms. The van der Waals surface area contributed by atoms with E-state index < -0.39 is 5.82 Å². The molecule has 0 heterocycles. The minimum absolute atomic E-state index is 0.000185. The molecule has 2 nitrogen and oxygen atoms in total. The van der Waals surface area contributed by atoms with Crippen molar-refractivity contribution in [2.45, 2.75) is 38.5 Å². The zero-order chi connectivity index (χ0) is 13.7. The van der Waals surface area contributed by atoms with Crippen molar-refractivity contribution in [1.29, 1.82) is 0 Å². The Morgan fingerprint density at radius 1 is 1.21 bits per heavy atom. The number of carbonyl (C=O) groups is 1. The Kier molecular flexibility index (Phi) is 4.72. The predicted molar refractivity (Wildman–Crippen MR) is 73.1 cm³/mol. The van der Waals surface area contributed by atoms with Crippen LogP contribution < -0.4 is 4.74 Å². The second kappa shape index (κ2) is 6.50. The fraction of sp³-hybridized carbons (Fsp3) is 0.438. The highest BCUT2D eigenvalue weighted by molar-refractivity contribution is 6.08. The lowest BCUT2D eigenvalue weighted by Gasteiger charge is -2.11. The normalized spacial score (nSPS) is 18.9. The summed E-state index contributed by atoms with van der Waals surface area (Å²) < 4.78 is 18.3. The SMILES string of the molecule is COc1cc(C(=O)/C2=C/CCCCCC2)ccc1F. The molecule has 0 radical (unpaired) electrons. The Balaban J connectivity index is 2.22. The molecule has 0 atom stereocenters. The first-order chi connectivity index (χ1) is 9.22. The summed E-state index contributed by atoms with van der Waals surface area (Å²) in [4.78, 5) is 12.4. The minimum Gasteiger partial charge on any atom is -0.494 e. The quantitative estimate of drug-likeness (QED) is 0.759. The number of carbonyl (C=O) groups excluding carboxylic acids is 1. The third-order valence-electron chi connectivity index (χ3n) is 3.50. The molecule has 0 saturated heterocycles. The van der Waals surface area contributed by atoms with E-state index in [0.29, 0.717) is 5.56 Å². The molecule has 0 spiro atoms. The third kappa shape index (κ3) is 3.43. The molecule has 0 fully saturated rings. The molecule has 0 unspecified atom stereocenters. The number of benzene rings is 1. The molecule has 1 aliphatic carbocycles. The Labute approximate surface area is 113 Å². The number of ketones is 1. The summed E-state index contributed by atoms with van der Waals surface area (Å²) in [5.74, 6) is -0.316. The fourth-order valence-corrected chi connectivity index (χ4v) is 2.38. The van der Waals surface area contributed by atoms with E-state index in [1.807, 2.05) is 6.08 Å². The van der Waals surface area contributed by atoms with Gasteiger partial charge in [-0.15, -0.1) is 0 Å². The molecule has 102 valence electrons. The van der Waals surface area contributed by atoms with Gasteiger partial charge in [0.25, 0.3) is 0 Å². The first-order valence-electron chi connectivity index (χ1n) is 6.79. The highest BCUT2D eigenvalue weighted by Gasteiger charge is 2.15. The van der Waals surface area contributed by atoms with E-state index in [1.54, 1.807) is 0 Å². The topological polar surface area (TPSA) is 26.3 Å². The van der Waals surface area contributed by atoms with Crippen molar-refractivity contribution in [3.05, 3.63) is 41.2 Å². The van der Waals surface area contributed by atoms with Crippen molar-refractivity contribution in [2.24, 2.45) is 0 Å². The van der Waals surface area contributed by atoms with Gasteiger partial charge in [0.1, 0.15) is 0 Å². The molecule has 0 aromatic heterocycles. The van der Waals surface area contributed by atoms with Gasteiger partial charge < -0.3 is 4.74 Å². The third-order valence-corrected chi connectivity index (χ3v) is 3.50. The number of ether oxygens (including phenoxy) is 1. The second-order valence-corrected chi connectivity index (χ2v) is 4.86. The number of rotatable bonds is 3. The Morgan fingerprint density at radius 3 is 2.79 bits per heavy atom. The van der Waals surface area contributed by atoms with E-state index in [1.165, 1.54) is 38.2 Å². The van der Waals surface area contributed by atoms with Gasteiger partial charge in [-0.05, 0) is 49.5 Å². The van der Waals surface area contributed by atoms with Crippen LogP contribution in [-0.2, 0) is 0 Å². The standard InChI is InChI=1S/C16H19FO2/c1-19-15-11-13(9-10-14(15)17)16(18)12-7-5-3-2-4-6-8-12/h7,9-11H,2-6,8H2,1H3/b12-7+. The number of allylic oxidation sites excluding steroid dienone is 2. The summed E-state index contributed by atoms with van der Waals surface area (Å²) in [6.07, 6.45) is 8.42. The highest BCUT2D eigenvalue weighted by Crippen LogP contribution is 2.24. The second-order valence-electron chi connectivity index (χ2n) is 4.86. The molecule has 0 amide bonds. The molecule has 0 aliphatic heterocycles. The number of halogens is 1. The number of hydrogen-bond donors (Lipinski definition) is 0. The van der Waals surface area contributed by atoms with Gasteiger partial charge in [0, 0.05) is 5.56 Å². The van der Waals surface area contributed by atoms with Crippen LogP contribution in [0.1, 0.15) is 48.9 Å². The van der Waals surface area contributed by atoms with E-state index in [2.05, 4.69) is 0 Å². The zero-order valence-electron chi connectivity index (χ0n) is 11.2. The monoisotopic (exact) mass is 262 g/mol. The van der Waals surface area contributed by atoms with Crippen molar-refractivity contribution in [2.75, 3.05) is 7.11 Å². The zero-order valence-corrected chi connectivity index (χ0v) is 11.2. The van der Waals surface area contributed by atoms with Crippen LogP contribution in [0.15, 0.2) is 29.8 Å². The van der Waals surface area contributed by atoms with Crippen LogP contribution in [0.5, 0.6) is 5.75 Å². The van der Waals surface area contributed by atoms with Gasteiger partial charge in [-0.1, -0.05) is 18.9 Å². The van der Waals surface area contributed by atoms with Crippen molar-refractivity contribution in [1.82, 2.24) is 0 Å². The van der Waals surface area contributed by atoms with Gasteiger partial charge in [-0.2, -0.15) is 0 Å². The van der Waals surface area contributed by atoms with Crippen LogP contribution in [0.3, 0.4) is 0 Å². The van der Waals surface area contributed by atoms with E-state index in [9.17, 15) is 9.18 Å². The molecule has 0 saturated carbocycles. The summed E-state index contributed by atoms with van der Waals surface area (Å²) in [6, 6.07) is 4.30. The Hall–Kier alpha value is -1.64. The first kappa shape index (κ1) is 13.8. The summed E-state index contributed by atoms with van der Waals surface area (Å²) in [6.45, 7) is 0. The largest absolute Gasteiger partial charge is 0.494 e. The molecule has 0 bridgehead atoms. The van der Waals surface area contributed by atoms with Crippen LogP contribution in [0, 0.1) is 5.82 Å². The van der Waals surface area contributed by atoms with Crippen LogP contribution in [0.4, 0.5) is 4.39 Å². The maximum atomic E-state index is 13.3. The van der Waals surface area contributed by atoms with Crippen LogP contribution in [0.2, 0.25) is 0 Å². The van der Waals surface area contributed by atoms with Gasteiger partial charge in [0.05, 0.1) is 7.11 Å². The van der Waals surface area contributed by atoms with Gasteiger partial charge in [0.2, 0.25) is 0 Å². The van der Waals surface area contributed by atoms with E-state index in [-0.39, 0.29) is 11.5 Å². The Morgan fingerprint density at radius 2 is 2.00 bits per heavy atom. The molecule has 1 aromatic carbocycles. The first-order valence-corrected chi connectivity index (χ1v) is 6.79. The van der Waals surface area contributed by atoms with E-state index >= 15 is 0 Å². The van der Waals surface area contributed by atoms with Crippen LogP contribution in [-0.4, -0.2) is 12.9 Å². The molecule has 1 aliphatic rings. The maximum Gasteiger partial charge on any atom is 0.188 e. The molecular formula is C16H19FO2. The van der Waals surface area contributed by atoms with Crippen LogP contribution in [0.25, 0.3) is 0 Å². The number of hydrogen-bond acceptors (Lipinski definition) is 2. The van der Waals surface area contributed by atoms with Crippen molar-refractivity contribution in [3.63, 3.8) is 0 Å². The fourth-order valence-electron chi connectivity index (χ4n) is 2.38. The van der Waals surface area contributed by atoms with Gasteiger partial charge in [-0.25, -0.2) is 4.39 Å². The summed E-state index contributed by atoms with van der Waals surface area (Å²) in [5, 5.41) is 0. The molecule has 2 rings (SSSR count). The molecule has 0 N–H and O–H groups in total. The van der Waals surface area contributed by atoms with E-state index in [4.69, 9.17) is 4.74 Å². The minimum atomic E-state index is -0.439. The lowest BCUT2D eigenvalue weighted by molar-refractivity contribution is 0.102. The van der Waals surface area contributed by atoms with Crippen molar-refractivity contribution in [3.8, 4) is 5.75 Å². The molecule has 19 heavy (non-hydrogen) atoms. The van der Waals surface area contributed by atoms with Crippen LogP contribution >= 0.6 is 0 Å². The maximum absolute atomic E-state index is 13.3. The average molecular weight is 262 g/mol. The highest BCUT2D eigenvalue weighted by atomic mass is 19.1. The number of methoxy groups -OCH3 is 1. The molecule has 1 aromatic rings. The number of Topliss-reactive ketones (excluding diaryl/α,β-unsaturated/α-hetero) is 1. The summed E-state index contributed by atoms with van der Waals surface area (Å²) in [5.41, 5.74) is 1.36. The van der Waals surface area contributed by atoms with Crippen molar-refractivity contribution < 1.29 is 13.9 Å². The lowest BCUT2D eigenvalue weighted by Crippen LogP contribution is -2.06. The summed E-state index contributed by atoms with van der Waals surface area (Å²) >= 11 is 0. The van der Waals surface area contributed by atoms with Crippen molar-refractivity contribution >= 4 is 5.78 Å². The predicted octanol–water partition coefficient (Wildman–Crippen LogP) is 4.30. The van der Waals surface area contributed by atoms with E-state index in [0.717, 1.165) is 31.3 Å². The average Bonchev–Trinajstić information content (AvgIpc) is 2.38. The van der Waals surface area contributed by atoms with Gasteiger partial charge in [-0.3, -0.25) is 4.79 Å². The molecular weight excluding hydrogens is 243 g/mol. The lowest BCUT2D eigenvalue weighted by atomic mass is 9.94. The Bertz CT molecular complexity index is 492. The van der Waals surface area contributed by atoms with Gasteiger partial charge in [0.15, 0.2) is 17.3 Å². The summed E-state index contributed by atoms with van der Waals surface area (Å²) in [7, 11) is 1.40. The smallest absolute Gasteiger partial charge is 0.188 e.